The van der Waals surface area contributed by atoms with Crippen LogP contribution >= 0.6 is 0 Å². The Bertz CT molecular complexity index is 181. The van der Waals surface area contributed by atoms with Gasteiger partial charge in [0.05, 0.1) is 0 Å². The van der Waals surface area contributed by atoms with E-state index in [1.807, 2.05) is 0 Å². The van der Waals surface area contributed by atoms with E-state index in [2.05, 4.69) is 24.1 Å². The first-order valence-corrected chi connectivity index (χ1v) is 6.20. The predicted octanol–water partition coefficient (Wildman–Crippen LogP) is 1.72. The van der Waals surface area contributed by atoms with Gasteiger partial charge in [-0.15, -0.1) is 0 Å². The number of hydrogen-bond acceptors (Lipinski definition) is 2. The standard InChI is InChI=1S/C12H24N2/c1-10-4-6-14(8-10)9-12-3-5-13-11(2)7-12/h10-13H,3-9H2,1-2H3. The summed E-state index contributed by atoms with van der Waals surface area (Å²) >= 11 is 0. The van der Waals surface area contributed by atoms with E-state index in [4.69, 9.17) is 0 Å². The van der Waals surface area contributed by atoms with Crippen molar-refractivity contribution in [1.29, 1.82) is 0 Å². The first kappa shape index (κ1) is 10.4. The molecule has 0 aromatic heterocycles. The van der Waals surface area contributed by atoms with Crippen molar-refractivity contribution < 1.29 is 0 Å². The summed E-state index contributed by atoms with van der Waals surface area (Å²) in [5, 5.41) is 3.53. The second-order valence-corrected chi connectivity index (χ2v) is 5.40. The zero-order valence-corrected chi connectivity index (χ0v) is 9.63. The molecule has 2 nitrogen and oxygen atoms in total. The highest BCUT2D eigenvalue weighted by atomic mass is 15.1. The van der Waals surface area contributed by atoms with E-state index < -0.39 is 0 Å². The molecule has 2 fully saturated rings. The van der Waals surface area contributed by atoms with Crippen molar-refractivity contribution >= 4 is 0 Å². The van der Waals surface area contributed by atoms with Gasteiger partial charge in [0.2, 0.25) is 0 Å². The van der Waals surface area contributed by atoms with Crippen molar-refractivity contribution in [2.75, 3.05) is 26.2 Å². The fraction of sp³-hybridized carbons (Fsp3) is 1.00. The molecule has 2 heteroatoms. The Morgan fingerprint density at radius 2 is 2.14 bits per heavy atom. The zero-order chi connectivity index (χ0) is 9.97. The van der Waals surface area contributed by atoms with Crippen molar-refractivity contribution in [3.8, 4) is 0 Å². The fourth-order valence-electron chi connectivity index (χ4n) is 2.96. The van der Waals surface area contributed by atoms with Crippen LogP contribution in [0.25, 0.3) is 0 Å². The van der Waals surface area contributed by atoms with Gasteiger partial charge in [-0.05, 0) is 51.1 Å². The third-order valence-corrected chi connectivity index (χ3v) is 3.76. The van der Waals surface area contributed by atoms with Crippen LogP contribution in [0, 0.1) is 11.8 Å². The molecule has 2 heterocycles. The van der Waals surface area contributed by atoms with Gasteiger partial charge in [-0.1, -0.05) is 6.92 Å². The van der Waals surface area contributed by atoms with Crippen LogP contribution in [0.3, 0.4) is 0 Å². The summed E-state index contributed by atoms with van der Waals surface area (Å²) in [6, 6.07) is 0.744. The summed E-state index contributed by atoms with van der Waals surface area (Å²) in [4.78, 5) is 2.67. The fourth-order valence-corrected chi connectivity index (χ4v) is 2.96. The molecule has 0 radical (unpaired) electrons. The highest BCUT2D eigenvalue weighted by Gasteiger charge is 2.24. The summed E-state index contributed by atoms with van der Waals surface area (Å²) in [5.74, 6) is 1.89. The third-order valence-electron chi connectivity index (χ3n) is 3.76. The molecule has 0 aromatic rings. The molecular formula is C12H24N2. The van der Waals surface area contributed by atoms with Gasteiger partial charge in [0.15, 0.2) is 0 Å². The molecule has 3 atom stereocenters. The highest BCUT2D eigenvalue weighted by Crippen LogP contribution is 2.21. The van der Waals surface area contributed by atoms with Gasteiger partial charge in [-0.2, -0.15) is 0 Å². The zero-order valence-electron chi connectivity index (χ0n) is 9.63. The van der Waals surface area contributed by atoms with E-state index >= 15 is 0 Å². The lowest BCUT2D eigenvalue weighted by Crippen LogP contribution is -2.40. The molecule has 2 saturated heterocycles. The normalized spacial score (nSPS) is 40.3. The summed E-state index contributed by atoms with van der Waals surface area (Å²) in [5.41, 5.74) is 0. The average molecular weight is 196 g/mol. The van der Waals surface area contributed by atoms with Crippen molar-refractivity contribution in [2.45, 2.75) is 39.2 Å². The summed E-state index contributed by atoms with van der Waals surface area (Å²) in [6.45, 7) is 9.98. The molecule has 0 bridgehead atoms. The third kappa shape index (κ3) is 2.71. The number of piperidine rings is 1. The van der Waals surface area contributed by atoms with Crippen LogP contribution in [0.2, 0.25) is 0 Å². The Balaban J connectivity index is 1.74. The van der Waals surface area contributed by atoms with Crippen LogP contribution in [-0.2, 0) is 0 Å². The average Bonchev–Trinajstić information content (AvgIpc) is 2.51. The lowest BCUT2D eigenvalue weighted by Gasteiger charge is -2.31. The van der Waals surface area contributed by atoms with Crippen molar-refractivity contribution in [2.24, 2.45) is 11.8 Å². The van der Waals surface area contributed by atoms with Gasteiger partial charge < -0.3 is 10.2 Å². The maximum absolute atomic E-state index is 3.53. The number of likely N-dealkylation sites (tertiary alicyclic amines) is 1. The lowest BCUT2D eigenvalue weighted by molar-refractivity contribution is 0.216. The molecule has 1 N–H and O–H groups in total. The minimum Gasteiger partial charge on any atom is -0.314 e. The van der Waals surface area contributed by atoms with E-state index in [0.29, 0.717) is 0 Å². The predicted molar refractivity (Wildman–Crippen MR) is 60.4 cm³/mol. The molecular weight excluding hydrogens is 172 g/mol. The Hall–Kier alpha value is -0.0800. The van der Waals surface area contributed by atoms with E-state index in [1.165, 1.54) is 45.4 Å². The first-order chi connectivity index (χ1) is 6.74. The van der Waals surface area contributed by atoms with Gasteiger partial charge in [-0.3, -0.25) is 0 Å². The molecule has 2 aliphatic heterocycles. The molecule has 0 aliphatic carbocycles. The molecule has 2 aliphatic rings. The van der Waals surface area contributed by atoms with Crippen LogP contribution in [0.4, 0.5) is 0 Å². The number of nitrogens with one attached hydrogen (secondary N) is 1. The van der Waals surface area contributed by atoms with Crippen LogP contribution < -0.4 is 5.32 Å². The molecule has 82 valence electrons. The molecule has 14 heavy (non-hydrogen) atoms. The number of rotatable bonds is 2. The lowest BCUT2D eigenvalue weighted by atomic mass is 9.93. The Kier molecular flexibility index (Phi) is 3.45. The van der Waals surface area contributed by atoms with Gasteiger partial charge in [-0.25, -0.2) is 0 Å². The molecule has 0 aromatic carbocycles. The Labute approximate surface area is 88.1 Å². The van der Waals surface area contributed by atoms with E-state index in [-0.39, 0.29) is 0 Å². The largest absolute Gasteiger partial charge is 0.314 e. The van der Waals surface area contributed by atoms with E-state index in [0.717, 1.165) is 17.9 Å². The quantitative estimate of drug-likeness (QED) is 0.723. The first-order valence-electron chi connectivity index (χ1n) is 6.20. The number of hydrogen-bond donors (Lipinski definition) is 1. The van der Waals surface area contributed by atoms with Crippen LogP contribution in [-0.4, -0.2) is 37.1 Å². The SMILES string of the molecule is CC1CCN(CC2CCNC(C)C2)C1. The maximum Gasteiger partial charge on any atom is 0.00418 e. The van der Waals surface area contributed by atoms with Gasteiger partial charge in [0.25, 0.3) is 0 Å². The summed E-state index contributed by atoms with van der Waals surface area (Å²) in [6.07, 6.45) is 4.18. The van der Waals surface area contributed by atoms with Gasteiger partial charge >= 0.3 is 0 Å². The number of nitrogens with zero attached hydrogens (tertiary/aromatic N) is 1. The molecule has 2 rings (SSSR count). The van der Waals surface area contributed by atoms with Gasteiger partial charge in [0, 0.05) is 19.1 Å². The second-order valence-electron chi connectivity index (χ2n) is 5.40. The highest BCUT2D eigenvalue weighted by molar-refractivity contribution is 4.80. The van der Waals surface area contributed by atoms with E-state index in [9.17, 15) is 0 Å². The maximum atomic E-state index is 3.53. The summed E-state index contributed by atoms with van der Waals surface area (Å²) < 4.78 is 0. The van der Waals surface area contributed by atoms with Crippen LogP contribution in [0.5, 0.6) is 0 Å². The van der Waals surface area contributed by atoms with Gasteiger partial charge in [0.1, 0.15) is 0 Å². The second kappa shape index (κ2) is 4.63. The monoisotopic (exact) mass is 196 g/mol. The van der Waals surface area contributed by atoms with Crippen LogP contribution in [0.15, 0.2) is 0 Å². The minimum atomic E-state index is 0.744. The van der Waals surface area contributed by atoms with Crippen molar-refractivity contribution in [3.05, 3.63) is 0 Å². The Morgan fingerprint density at radius 1 is 1.29 bits per heavy atom. The summed E-state index contributed by atoms with van der Waals surface area (Å²) in [7, 11) is 0. The molecule has 0 saturated carbocycles. The van der Waals surface area contributed by atoms with Crippen molar-refractivity contribution in [1.82, 2.24) is 10.2 Å². The smallest absolute Gasteiger partial charge is 0.00418 e. The van der Waals surface area contributed by atoms with Crippen LogP contribution in [0.1, 0.15) is 33.1 Å². The molecule has 0 amide bonds. The van der Waals surface area contributed by atoms with E-state index in [1.54, 1.807) is 0 Å². The minimum absolute atomic E-state index is 0.744. The van der Waals surface area contributed by atoms with Crippen molar-refractivity contribution in [3.63, 3.8) is 0 Å². The molecule has 3 unspecified atom stereocenters. The Morgan fingerprint density at radius 3 is 2.79 bits per heavy atom. The topological polar surface area (TPSA) is 15.3 Å². The molecule has 0 spiro atoms.